The molecule has 6 nitrogen and oxygen atoms in total. The quantitative estimate of drug-likeness (QED) is 0.370. The maximum atomic E-state index is 13.5. The van der Waals surface area contributed by atoms with Gasteiger partial charge in [0.1, 0.15) is 11.5 Å². The van der Waals surface area contributed by atoms with Crippen LogP contribution in [-0.4, -0.2) is 17.7 Å². The van der Waals surface area contributed by atoms with Gasteiger partial charge in [-0.15, -0.1) is 0 Å². The predicted molar refractivity (Wildman–Crippen MR) is 69.1 cm³/mol. The number of ether oxygens (including phenoxy) is 1. The van der Waals surface area contributed by atoms with Crippen molar-refractivity contribution in [1.29, 1.82) is 0 Å². The van der Waals surface area contributed by atoms with Gasteiger partial charge in [-0.2, -0.15) is 0 Å². The van der Waals surface area contributed by atoms with Crippen molar-refractivity contribution >= 4 is 5.97 Å². The summed E-state index contributed by atoms with van der Waals surface area (Å²) in [6.07, 6.45) is 1.49. The lowest BCUT2D eigenvalue weighted by molar-refractivity contribution is 0.0515. The highest BCUT2D eigenvalue weighted by molar-refractivity contribution is 5.90. The van der Waals surface area contributed by atoms with Crippen molar-refractivity contribution in [3.63, 3.8) is 0 Å². The highest BCUT2D eigenvalue weighted by Gasteiger charge is 2.09. The Hall–Kier alpha value is -2.92. The van der Waals surface area contributed by atoms with Gasteiger partial charge in [0.25, 0.3) is 0 Å². The number of azide groups is 1. The zero-order valence-electron chi connectivity index (χ0n) is 10.2. The van der Waals surface area contributed by atoms with E-state index >= 15 is 0 Å². The van der Waals surface area contributed by atoms with Gasteiger partial charge in [-0.3, -0.25) is 4.98 Å². The van der Waals surface area contributed by atoms with E-state index in [4.69, 9.17) is 5.53 Å². The standard InChI is InChI=1S/C13H9FN4O2/c14-11-2-1-7-16-12(11)9-3-5-10(6-4-9)13(19)20-8-17-18-15/h1-7H,8H2. The minimum absolute atomic E-state index is 0.210. The lowest BCUT2D eigenvalue weighted by Crippen LogP contribution is -2.04. The Balaban J connectivity index is 2.16. The third-order valence-electron chi connectivity index (χ3n) is 2.47. The van der Waals surface area contributed by atoms with Crippen LogP contribution in [0.1, 0.15) is 10.4 Å². The summed E-state index contributed by atoms with van der Waals surface area (Å²) >= 11 is 0. The summed E-state index contributed by atoms with van der Waals surface area (Å²) in [5, 5.41) is 3.09. The summed E-state index contributed by atoms with van der Waals surface area (Å²) in [6, 6.07) is 8.92. The van der Waals surface area contributed by atoms with Crippen molar-refractivity contribution < 1.29 is 13.9 Å². The lowest BCUT2D eigenvalue weighted by Gasteiger charge is -2.04. The van der Waals surface area contributed by atoms with Gasteiger partial charge >= 0.3 is 5.97 Å². The molecule has 1 aromatic heterocycles. The minimum atomic E-state index is -0.620. The zero-order chi connectivity index (χ0) is 14.4. The first-order chi connectivity index (χ1) is 9.72. The summed E-state index contributed by atoms with van der Waals surface area (Å²) in [4.78, 5) is 17.9. The molecule has 0 radical (unpaired) electrons. The van der Waals surface area contributed by atoms with Gasteiger partial charge < -0.3 is 4.74 Å². The van der Waals surface area contributed by atoms with Crippen LogP contribution in [0.5, 0.6) is 0 Å². The molecule has 1 aromatic carbocycles. The number of hydrogen-bond acceptors (Lipinski definition) is 4. The Morgan fingerprint density at radius 2 is 2.10 bits per heavy atom. The largest absolute Gasteiger partial charge is 0.456 e. The van der Waals surface area contributed by atoms with Crippen molar-refractivity contribution in [2.24, 2.45) is 5.11 Å². The molecule has 0 saturated carbocycles. The van der Waals surface area contributed by atoms with Crippen molar-refractivity contribution in [2.75, 3.05) is 6.73 Å². The Kier molecular flexibility index (Phi) is 4.26. The number of carbonyl (C=O) groups is 1. The van der Waals surface area contributed by atoms with Crippen molar-refractivity contribution in [1.82, 2.24) is 4.98 Å². The fourth-order valence-electron chi connectivity index (χ4n) is 1.56. The second kappa shape index (κ2) is 6.31. The molecule has 2 rings (SSSR count). The Labute approximate surface area is 113 Å². The molecule has 0 amide bonds. The first kappa shape index (κ1) is 13.5. The van der Waals surface area contributed by atoms with E-state index in [2.05, 4.69) is 19.7 Å². The molecule has 2 aromatic rings. The number of hydrogen-bond donors (Lipinski definition) is 0. The normalized spacial score (nSPS) is 9.65. The SMILES string of the molecule is [N-]=[N+]=NCOC(=O)c1ccc(-c2ncccc2F)cc1. The van der Waals surface area contributed by atoms with Crippen LogP contribution in [0.3, 0.4) is 0 Å². The van der Waals surface area contributed by atoms with Crippen molar-refractivity contribution in [3.8, 4) is 11.3 Å². The average molecular weight is 272 g/mol. The average Bonchev–Trinajstić information content (AvgIpc) is 2.48. The summed E-state index contributed by atoms with van der Waals surface area (Å²) in [5.41, 5.74) is 9.10. The Morgan fingerprint density at radius 3 is 2.75 bits per heavy atom. The Bertz CT molecular complexity index is 666. The summed E-state index contributed by atoms with van der Waals surface area (Å²) in [6.45, 7) is -0.369. The molecule has 7 heteroatoms. The lowest BCUT2D eigenvalue weighted by atomic mass is 10.1. The molecule has 0 spiro atoms. The van der Waals surface area contributed by atoms with Crippen LogP contribution < -0.4 is 0 Å². The number of aromatic nitrogens is 1. The van der Waals surface area contributed by atoms with E-state index < -0.39 is 11.8 Å². The molecule has 0 unspecified atom stereocenters. The molecule has 0 fully saturated rings. The molecule has 0 bridgehead atoms. The van der Waals surface area contributed by atoms with Gasteiger partial charge in [0.05, 0.1) is 5.56 Å². The summed E-state index contributed by atoms with van der Waals surface area (Å²) in [5.74, 6) is -1.06. The van der Waals surface area contributed by atoms with E-state index in [1.165, 1.54) is 30.5 Å². The van der Waals surface area contributed by atoms with Crippen LogP contribution >= 0.6 is 0 Å². The van der Waals surface area contributed by atoms with Crippen LogP contribution in [0.15, 0.2) is 47.7 Å². The van der Waals surface area contributed by atoms with E-state index in [1.54, 1.807) is 12.1 Å². The topological polar surface area (TPSA) is 88.0 Å². The van der Waals surface area contributed by atoms with E-state index in [9.17, 15) is 9.18 Å². The first-order valence-corrected chi connectivity index (χ1v) is 5.61. The minimum Gasteiger partial charge on any atom is -0.456 e. The van der Waals surface area contributed by atoms with E-state index in [0.717, 1.165) is 0 Å². The zero-order valence-corrected chi connectivity index (χ0v) is 10.2. The van der Waals surface area contributed by atoms with E-state index in [-0.39, 0.29) is 18.0 Å². The molecule has 20 heavy (non-hydrogen) atoms. The van der Waals surface area contributed by atoms with Crippen molar-refractivity contribution in [2.45, 2.75) is 0 Å². The number of halogens is 1. The summed E-state index contributed by atoms with van der Waals surface area (Å²) in [7, 11) is 0. The number of esters is 1. The van der Waals surface area contributed by atoms with Crippen LogP contribution in [0.2, 0.25) is 0 Å². The molecule has 1 heterocycles. The number of benzene rings is 1. The smallest absolute Gasteiger partial charge is 0.338 e. The van der Waals surface area contributed by atoms with Gasteiger partial charge in [-0.05, 0) is 29.8 Å². The van der Waals surface area contributed by atoms with Crippen LogP contribution in [-0.2, 0) is 4.74 Å². The molecule has 0 N–H and O–H groups in total. The van der Waals surface area contributed by atoms with Gasteiger partial charge in [0.15, 0.2) is 6.73 Å². The monoisotopic (exact) mass is 272 g/mol. The highest BCUT2D eigenvalue weighted by atomic mass is 19.1. The van der Waals surface area contributed by atoms with Crippen LogP contribution in [0.4, 0.5) is 4.39 Å². The molecular formula is C13H9FN4O2. The van der Waals surface area contributed by atoms with Gasteiger partial charge in [-0.1, -0.05) is 17.2 Å². The predicted octanol–water partition coefficient (Wildman–Crippen LogP) is 3.31. The maximum Gasteiger partial charge on any atom is 0.338 e. The van der Waals surface area contributed by atoms with Gasteiger partial charge in [0.2, 0.25) is 0 Å². The van der Waals surface area contributed by atoms with E-state index in [1.807, 2.05) is 0 Å². The third-order valence-corrected chi connectivity index (χ3v) is 2.47. The van der Waals surface area contributed by atoms with Gasteiger partial charge in [-0.25, -0.2) is 9.18 Å². The number of pyridine rings is 1. The molecule has 0 saturated heterocycles. The number of nitrogens with zero attached hydrogens (tertiary/aromatic N) is 4. The number of carbonyl (C=O) groups excluding carboxylic acids is 1. The molecule has 100 valence electrons. The summed E-state index contributed by atoms with van der Waals surface area (Å²) < 4.78 is 18.2. The highest BCUT2D eigenvalue weighted by Crippen LogP contribution is 2.20. The molecule has 0 atom stereocenters. The van der Waals surface area contributed by atoms with Crippen molar-refractivity contribution in [3.05, 3.63) is 64.4 Å². The fourth-order valence-corrected chi connectivity index (χ4v) is 1.56. The molecule has 0 aliphatic heterocycles. The molecule has 0 aliphatic rings. The van der Waals surface area contributed by atoms with E-state index in [0.29, 0.717) is 5.56 Å². The molecule has 0 aliphatic carbocycles. The molecular weight excluding hydrogens is 263 g/mol. The van der Waals surface area contributed by atoms with Gasteiger partial charge in [0, 0.05) is 16.7 Å². The fraction of sp³-hybridized carbons (Fsp3) is 0.0769. The van der Waals surface area contributed by atoms with Crippen LogP contribution in [0.25, 0.3) is 21.7 Å². The maximum absolute atomic E-state index is 13.5. The third kappa shape index (κ3) is 3.09. The first-order valence-electron chi connectivity index (χ1n) is 5.61. The van der Waals surface area contributed by atoms with Crippen LogP contribution in [0, 0.1) is 5.82 Å². The second-order valence-corrected chi connectivity index (χ2v) is 3.70. The Morgan fingerprint density at radius 1 is 1.35 bits per heavy atom. The number of rotatable bonds is 4. The second-order valence-electron chi connectivity index (χ2n) is 3.70.